The summed E-state index contributed by atoms with van der Waals surface area (Å²) in [6.07, 6.45) is 1.86. The first-order valence-corrected chi connectivity index (χ1v) is 10.5. The molecule has 5 rings (SSSR count). The number of aromatic nitrogens is 4. The molecule has 0 radical (unpaired) electrons. The van der Waals surface area contributed by atoms with Crippen LogP contribution in [-0.4, -0.2) is 45.8 Å². The molecule has 1 aromatic carbocycles. The van der Waals surface area contributed by atoms with Crippen LogP contribution >= 0.6 is 11.6 Å². The molecule has 6 nitrogen and oxygen atoms in total. The molecule has 4 heterocycles. The summed E-state index contributed by atoms with van der Waals surface area (Å²) in [6, 6.07) is 16.1. The Morgan fingerprint density at radius 2 is 1.57 bits per heavy atom. The van der Waals surface area contributed by atoms with E-state index >= 15 is 0 Å². The quantitative estimate of drug-likeness (QED) is 0.494. The van der Waals surface area contributed by atoms with Crippen LogP contribution in [0, 0.1) is 13.8 Å². The van der Waals surface area contributed by atoms with Crippen molar-refractivity contribution >= 4 is 28.9 Å². The summed E-state index contributed by atoms with van der Waals surface area (Å²) in [5.41, 5.74) is 4.75. The Hall–Kier alpha value is -3.12. The molecule has 30 heavy (non-hydrogen) atoms. The van der Waals surface area contributed by atoms with Crippen LogP contribution in [0.3, 0.4) is 0 Å². The van der Waals surface area contributed by atoms with E-state index in [0.29, 0.717) is 5.02 Å². The molecule has 0 spiro atoms. The van der Waals surface area contributed by atoms with Gasteiger partial charge in [0.15, 0.2) is 5.65 Å². The van der Waals surface area contributed by atoms with Crippen LogP contribution < -0.4 is 9.80 Å². The van der Waals surface area contributed by atoms with Crippen molar-refractivity contribution in [1.82, 2.24) is 19.6 Å². The van der Waals surface area contributed by atoms with Gasteiger partial charge in [0, 0.05) is 59.8 Å². The summed E-state index contributed by atoms with van der Waals surface area (Å²) in [7, 11) is 0. The van der Waals surface area contributed by atoms with E-state index in [0.717, 1.165) is 66.0 Å². The molecular weight excluding hydrogens is 396 g/mol. The summed E-state index contributed by atoms with van der Waals surface area (Å²) >= 11 is 6.44. The Labute approximate surface area is 180 Å². The predicted molar refractivity (Wildman–Crippen MR) is 122 cm³/mol. The number of fused-ring (bicyclic) bond motifs is 1. The van der Waals surface area contributed by atoms with Gasteiger partial charge in [-0.05, 0) is 32.0 Å². The number of hydrogen-bond donors (Lipinski definition) is 0. The Balaban J connectivity index is 1.46. The van der Waals surface area contributed by atoms with E-state index in [1.165, 1.54) is 0 Å². The van der Waals surface area contributed by atoms with Crippen LogP contribution in [0.15, 0.2) is 54.7 Å². The molecule has 0 amide bonds. The topological polar surface area (TPSA) is 49.6 Å². The van der Waals surface area contributed by atoms with Crippen LogP contribution in [0.5, 0.6) is 0 Å². The fraction of sp³-hybridized carbons (Fsp3) is 0.261. The molecule has 1 aliphatic heterocycles. The van der Waals surface area contributed by atoms with Gasteiger partial charge in [0.2, 0.25) is 0 Å². The van der Waals surface area contributed by atoms with Crippen molar-refractivity contribution in [2.45, 2.75) is 13.8 Å². The Kier molecular flexibility index (Phi) is 4.79. The highest BCUT2D eigenvalue weighted by Crippen LogP contribution is 2.32. The van der Waals surface area contributed by atoms with Gasteiger partial charge < -0.3 is 9.80 Å². The molecule has 4 aromatic rings. The average Bonchev–Trinajstić information content (AvgIpc) is 3.17. The van der Waals surface area contributed by atoms with Gasteiger partial charge in [-0.2, -0.15) is 9.61 Å². The van der Waals surface area contributed by atoms with E-state index < -0.39 is 0 Å². The molecule has 0 N–H and O–H groups in total. The normalized spacial score (nSPS) is 14.5. The van der Waals surface area contributed by atoms with E-state index in [2.05, 4.69) is 38.1 Å². The SMILES string of the molecule is Cc1cccc(N2CCN(c3cc(C)nc4c(-c5ccccc5Cl)cnn34)CC2)n1. The zero-order chi connectivity index (χ0) is 20.7. The molecule has 7 heteroatoms. The summed E-state index contributed by atoms with van der Waals surface area (Å²) in [4.78, 5) is 14.2. The van der Waals surface area contributed by atoms with Crippen molar-refractivity contribution in [3.8, 4) is 11.1 Å². The average molecular weight is 419 g/mol. The number of nitrogens with zero attached hydrogens (tertiary/aromatic N) is 6. The van der Waals surface area contributed by atoms with Crippen molar-refractivity contribution in [3.63, 3.8) is 0 Å². The third-order valence-corrected chi connectivity index (χ3v) is 5.88. The zero-order valence-corrected chi connectivity index (χ0v) is 17.8. The van der Waals surface area contributed by atoms with Crippen LogP contribution in [0.1, 0.15) is 11.4 Å². The van der Waals surface area contributed by atoms with Gasteiger partial charge >= 0.3 is 0 Å². The summed E-state index contributed by atoms with van der Waals surface area (Å²) in [5.74, 6) is 2.11. The van der Waals surface area contributed by atoms with Gasteiger partial charge in [-0.1, -0.05) is 35.9 Å². The second kappa shape index (κ2) is 7.61. The van der Waals surface area contributed by atoms with E-state index in [1.807, 2.05) is 54.9 Å². The lowest BCUT2D eigenvalue weighted by Gasteiger charge is -2.36. The smallest absolute Gasteiger partial charge is 0.165 e. The highest BCUT2D eigenvalue weighted by molar-refractivity contribution is 6.33. The first-order valence-electron chi connectivity index (χ1n) is 10.1. The van der Waals surface area contributed by atoms with Gasteiger partial charge in [-0.15, -0.1) is 0 Å². The fourth-order valence-corrected chi connectivity index (χ4v) is 4.27. The molecule has 1 fully saturated rings. The van der Waals surface area contributed by atoms with E-state index in [9.17, 15) is 0 Å². The van der Waals surface area contributed by atoms with Gasteiger partial charge in [-0.25, -0.2) is 9.97 Å². The number of anilines is 2. The highest BCUT2D eigenvalue weighted by atomic mass is 35.5. The number of aryl methyl sites for hydroxylation is 2. The minimum atomic E-state index is 0.705. The third-order valence-electron chi connectivity index (χ3n) is 5.55. The van der Waals surface area contributed by atoms with Crippen LogP contribution in [0.2, 0.25) is 5.02 Å². The van der Waals surface area contributed by atoms with Crippen molar-refractivity contribution in [2.75, 3.05) is 36.0 Å². The van der Waals surface area contributed by atoms with Crippen molar-refractivity contribution in [3.05, 3.63) is 71.1 Å². The van der Waals surface area contributed by atoms with Crippen LogP contribution in [0.4, 0.5) is 11.6 Å². The van der Waals surface area contributed by atoms with Crippen molar-refractivity contribution in [2.24, 2.45) is 0 Å². The molecular formula is C23H23ClN6. The molecule has 0 atom stereocenters. The number of benzene rings is 1. The Morgan fingerprint density at radius 3 is 2.33 bits per heavy atom. The highest BCUT2D eigenvalue weighted by Gasteiger charge is 2.22. The van der Waals surface area contributed by atoms with Gasteiger partial charge in [0.25, 0.3) is 0 Å². The molecule has 0 saturated carbocycles. The van der Waals surface area contributed by atoms with E-state index in [-0.39, 0.29) is 0 Å². The number of piperazine rings is 1. The molecule has 152 valence electrons. The second-order valence-electron chi connectivity index (χ2n) is 7.64. The van der Waals surface area contributed by atoms with Crippen LogP contribution in [-0.2, 0) is 0 Å². The van der Waals surface area contributed by atoms with Gasteiger partial charge in [-0.3, -0.25) is 0 Å². The number of rotatable bonds is 3. The fourth-order valence-electron chi connectivity index (χ4n) is 4.03. The number of hydrogen-bond acceptors (Lipinski definition) is 5. The van der Waals surface area contributed by atoms with Gasteiger partial charge in [0.1, 0.15) is 11.6 Å². The molecule has 1 aliphatic rings. The lowest BCUT2D eigenvalue weighted by molar-refractivity contribution is 0.632. The lowest BCUT2D eigenvalue weighted by Crippen LogP contribution is -2.47. The van der Waals surface area contributed by atoms with E-state index in [1.54, 1.807) is 0 Å². The number of pyridine rings is 1. The summed E-state index contributed by atoms with van der Waals surface area (Å²) in [5, 5.41) is 5.37. The molecule has 0 bridgehead atoms. The third kappa shape index (κ3) is 3.37. The van der Waals surface area contributed by atoms with Crippen molar-refractivity contribution in [1.29, 1.82) is 0 Å². The second-order valence-corrected chi connectivity index (χ2v) is 8.05. The Morgan fingerprint density at radius 1 is 0.800 bits per heavy atom. The first-order chi connectivity index (χ1) is 14.6. The van der Waals surface area contributed by atoms with Crippen LogP contribution in [0.25, 0.3) is 16.8 Å². The minimum Gasteiger partial charge on any atom is -0.353 e. The molecule has 1 saturated heterocycles. The van der Waals surface area contributed by atoms with Crippen molar-refractivity contribution < 1.29 is 0 Å². The zero-order valence-electron chi connectivity index (χ0n) is 17.1. The predicted octanol–water partition coefficient (Wildman–Crippen LogP) is 4.39. The number of halogens is 1. The largest absolute Gasteiger partial charge is 0.353 e. The monoisotopic (exact) mass is 418 g/mol. The summed E-state index contributed by atoms with van der Waals surface area (Å²) in [6.45, 7) is 7.69. The summed E-state index contributed by atoms with van der Waals surface area (Å²) < 4.78 is 1.94. The van der Waals surface area contributed by atoms with E-state index in [4.69, 9.17) is 16.6 Å². The maximum atomic E-state index is 6.44. The standard InChI is InChI=1S/C23H23ClN6/c1-16-6-5-9-21(26-16)28-10-12-29(13-11-28)22-14-17(2)27-23-19(15-25-30(22)23)18-7-3-4-8-20(18)24/h3-9,14-15H,10-13H2,1-2H3. The minimum absolute atomic E-state index is 0.705. The Bertz CT molecular complexity index is 1210. The molecule has 0 unspecified atom stereocenters. The molecule has 3 aromatic heterocycles. The van der Waals surface area contributed by atoms with Gasteiger partial charge in [0.05, 0.1) is 6.20 Å². The maximum absolute atomic E-state index is 6.44. The molecule has 0 aliphatic carbocycles. The lowest BCUT2D eigenvalue weighted by atomic mass is 10.1. The maximum Gasteiger partial charge on any atom is 0.165 e. The first kappa shape index (κ1) is 18.9.